The molecule has 0 bridgehead atoms. The van der Waals surface area contributed by atoms with Gasteiger partial charge in [-0.15, -0.1) is 0 Å². The Morgan fingerprint density at radius 2 is 1.96 bits per heavy atom. The van der Waals surface area contributed by atoms with Crippen LogP contribution in [0.5, 0.6) is 5.75 Å². The van der Waals surface area contributed by atoms with Crippen molar-refractivity contribution in [1.82, 2.24) is 0 Å². The van der Waals surface area contributed by atoms with Crippen LogP contribution in [0.4, 0.5) is 0 Å². The molecule has 0 spiro atoms. The number of methoxy groups -OCH3 is 1. The van der Waals surface area contributed by atoms with Crippen molar-refractivity contribution in [2.24, 2.45) is 0 Å². The van der Waals surface area contributed by atoms with E-state index in [0.717, 1.165) is 0 Å². The van der Waals surface area contributed by atoms with E-state index in [2.05, 4.69) is 0 Å². The molecule has 3 aliphatic carbocycles. The number of benzene rings is 1. The molecule has 24 heavy (non-hydrogen) atoms. The molecule has 118 valence electrons. The number of rotatable bonds is 1. The third-order valence-electron chi connectivity index (χ3n) is 4.44. The van der Waals surface area contributed by atoms with Gasteiger partial charge in [-0.05, 0) is 18.6 Å². The molecule has 1 aromatic carbocycles. The van der Waals surface area contributed by atoms with Gasteiger partial charge in [0.2, 0.25) is 5.78 Å². The molecule has 3 aliphatic rings. The second-order valence-corrected chi connectivity index (χ2v) is 5.66. The molecule has 0 aliphatic heterocycles. The van der Waals surface area contributed by atoms with Crippen molar-refractivity contribution in [3.63, 3.8) is 0 Å². The van der Waals surface area contributed by atoms with Gasteiger partial charge in [-0.3, -0.25) is 14.4 Å². The van der Waals surface area contributed by atoms with E-state index in [1.54, 1.807) is 36.4 Å². The zero-order valence-corrected chi connectivity index (χ0v) is 12.8. The van der Waals surface area contributed by atoms with Crippen LogP contribution in [-0.2, 0) is 4.79 Å². The summed E-state index contributed by atoms with van der Waals surface area (Å²) >= 11 is 0. The van der Waals surface area contributed by atoms with Gasteiger partial charge in [0.1, 0.15) is 17.1 Å². The van der Waals surface area contributed by atoms with Crippen LogP contribution < -0.4 is 4.74 Å². The second kappa shape index (κ2) is 4.89. The number of hydrogen-bond acceptors (Lipinski definition) is 4. The van der Waals surface area contributed by atoms with Gasteiger partial charge in [0, 0.05) is 11.1 Å². The van der Waals surface area contributed by atoms with E-state index in [9.17, 15) is 19.5 Å². The predicted octanol–water partition coefficient (Wildman–Crippen LogP) is 2.36. The number of aliphatic hydroxyl groups excluding tert-OH is 1. The summed E-state index contributed by atoms with van der Waals surface area (Å²) in [6.45, 7) is 0. The van der Waals surface area contributed by atoms with Gasteiger partial charge in [0.25, 0.3) is 0 Å². The maximum Gasteiger partial charge on any atom is 0.359 e. The van der Waals surface area contributed by atoms with Crippen LogP contribution in [0.25, 0.3) is 0 Å². The summed E-state index contributed by atoms with van der Waals surface area (Å²) in [5.74, 6) is -1.33. The van der Waals surface area contributed by atoms with Gasteiger partial charge in [-0.1, -0.05) is 24.3 Å². The molecular weight excluding hydrogens is 308 g/mol. The second-order valence-electron chi connectivity index (χ2n) is 5.66. The van der Waals surface area contributed by atoms with Crippen LogP contribution in [-0.4, -0.2) is 34.4 Å². The minimum absolute atomic E-state index is 0.107. The molecule has 4 rings (SSSR count). The number of carbonyl (C=O) groups is 2. The topological polar surface area (TPSA) is 85.0 Å². The molecule has 5 heteroatoms. The Hall–Kier alpha value is -3.21. The Bertz CT molecular complexity index is 969. The van der Waals surface area contributed by atoms with Gasteiger partial charge in [0.05, 0.1) is 23.8 Å². The largest absolute Gasteiger partial charge is 0.506 e. The van der Waals surface area contributed by atoms with E-state index in [-0.39, 0.29) is 45.1 Å². The Morgan fingerprint density at radius 3 is 2.71 bits per heavy atom. The molecule has 0 saturated heterocycles. The van der Waals surface area contributed by atoms with Crippen molar-refractivity contribution < 1.29 is 24.2 Å². The first-order valence-electron chi connectivity index (χ1n) is 7.44. The summed E-state index contributed by atoms with van der Waals surface area (Å²) in [7, 11) is 1.41. The lowest BCUT2D eigenvalue weighted by Crippen LogP contribution is -2.33. The highest BCUT2D eigenvalue weighted by molar-refractivity contribution is 6.42. The van der Waals surface area contributed by atoms with Crippen molar-refractivity contribution in [3.8, 4) is 5.75 Å². The summed E-state index contributed by atoms with van der Waals surface area (Å²) in [5.41, 5.74) is 0.666. The molecule has 0 radical (unpaired) electrons. The quantitative estimate of drug-likeness (QED) is 0.635. The Kier molecular flexibility index (Phi) is 2.93. The smallest absolute Gasteiger partial charge is 0.359 e. The van der Waals surface area contributed by atoms with E-state index in [1.165, 1.54) is 7.11 Å². The molecule has 2 N–H and O–H groups in total. The monoisotopic (exact) mass is 321 g/mol. The van der Waals surface area contributed by atoms with Crippen LogP contribution in [0.2, 0.25) is 0 Å². The van der Waals surface area contributed by atoms with E-state index in [4.69, 9.17) is 4.74 Å². The Balaban J connectivity index is 2.04. The third-order valence-corrected chi connectivity index (χ3v) is 4.44. The molecule has 0 fully saturated rings. The number of hydrogen-bond donors (Lipinski definition) is 1. The minimum atomic E-state index is -0.554. The fraction of sp³-hybridized carbons (Fsp3) is 0.105. The maximum absolute atomic E-state index is 12.9. The van der Waals surface area contributed by atoms with Gasteiger partial charge in [0.15, 0.2) is 5.78 Å². The summed E-state index contributed by atoms with van der Waals surface area (Å²) < 4.78 is 5.20. The fourth-order valence-corrected chi connectivity index (χ4v) is 3.33. The third kappa shape index (κ3) is 1.66. The number of ketones is 3. The number of allylic oxidation sites excluding steroid dienone is 7. The lowest BCUT2D eigenvalue weighted by atomic mass is 9.74. The van der Waals surface area contributed by atoms with Crippen LogP contribution in [0, 0.1) is 0 Å². The standard InChI is InChI=1S/C19H12O5/c1-24-12-8-4-7-11-13(12)19(23)15-14(18(11)22)16(20)9-5-2-3-6-10(9)17(15)21/h2,4-8,20H,3H2,1H3/p+1. The van der Waals surface area contributed by atoms with Crippen molar-refractivity contribution >= 4 is 17.3 Å². The minimum Gasteiger partial charge on any atom is -0.506 e. The zero-order valence-electron chi connectivity index (χ0n) is 12.8. The van der Waals surface area contributed by atoms with E-state index < -0.39 is 11.6 Å². The lowest BCUT2D eigenvalue weighted by Gasteiger charge is -2.25. The van der Waals surface area contributed by atoms with E-state index >= 15 is 0 Å². The Morgan fingerprint density at radius 1 is 1.17 bits per heavy atom. The molecule has 0 amide bonds. The average molecular weight is 321 g/mol. The van der Waals surface area contributed by atoms with Crippen molar-refractivity contribution in [1.29, 1.82) is 0 Å². The number of ether oxygens (including phenoxy) is 1. The van der Waals surface area contributed by atoms with Crippen molar-refractivity contribution in [2.45, 2.75) is 6.42 Å². The summed E-state index contributed by atoms with van der Waals surface area (Å²) in [6.07, 6.45) is 5.64. The molecule has 0 unspecified atom stereocenters. The van der Waals surface area contributed by atoms with Crippen LogP contribution >= 0.6 is 0 Å². The maximum atomic E-state index is 12.9. The molecule has 1 aromatic rings. The first kappa shape index (κ1) is 14.4. The number of aliphatic hydroxyl groups is 1. The lowest BCUT2D eigenvalue weighted by molar-refractivity contribution is -0.111. The van der Waals surface area contributed by atoms with Gasteiger partial charge >= 0.3 is 5.78 Å². The number of carbonyl (C=O) groups excluding carboxylic acids is 3. The van der Waals surface area contributed by atoms with Crippen molar-refractivity contribution in [2.75, 3.05) is 7.11 Å². The van der Waals surface area contributed by atoms with Crippen LogP contribution in [0.1, 0.15) is 22.3 Å². The normalized spacial score (nSPS) is 19.0. The highest BCUT2D eigenvalue weighted by Gasteiger charge is 2.47. The first-order chi connectivity index (χ1) is 11.6. The molecule has 0 aromatic heterocycles. The highest BCUT2D eigenvalue weighted by atomic mass is 16.5. The molecule has 0 atom stereocenters. The van der Waals surface area contributed by atoms with Gasteiger partial charge < -0.3 is 9.84 Å². The first-order valence-corrected chi connectivity index (χ1v) is 7.44. The summed E-state index contributed by atoms with van der Waals surface area (Å²) in [6, 6.07) is 4.78. The number of Topliss-reactive ketones (excluding diaryl/α,β-unsaturated/α-hetero) is 2. The van der Waals surface area contributed by atoms with Crippen LogP contribution in [0.15, 0.2) is 64.5 Å². The SMILES string of the molecule is COc1cccc2c1C(=O)C1=C(C2=[OH+])C(O)=C2C=CCC=C2C1=O. The van der Waals surface area contributed by atoms with E-state index in [0.29, 0.717) is 12.0 Å². The predicted molar refractivity (Wildman–Crippen MR) is 86.9 cm³/mol. The van der Waals surface area contributed by atoms with Crippen LogP contribution in [0.3, 0.4) is 0 Å². The summed E-state index contributed by atoms with van der Waals surface area (Å²) in [4.78, 5) is 36.4. The van der Waals surface area contributed by atoms with Crippen molar-refractivity contribution in [3.05, 3.63) is 75.6 Å². The Labute approximate surface area is 137 Å². The molecule has 0 heterocycles. The fourth-order valence-electron chi connectivity index (χ4n) is 3.33. The summed E-state index contributed by atoms with van der Waals surface area (Å²) in [5, 5.41) is 10.6. The number of fused-ring (bicyclic) bond motifs is 2. The van der Waals surface area contributed by atoms with Gasteiger partial charge in [-0.25, -0.2) is 0 Å². The molecule has 5 nitrogen and oxygen atoms in total. The zero-order chi connectivity index (χ0) is 17.0. The average Bonchev–Trinajstić information content (AvgIpc) is 2.62. The molecular formula is C19H13O5+. The molecule has 0 saturated carbocycles. The van der Waals surface area contributed by atoms with Gasteiger partial charge in [-0.2, -0.15) is 0 Å². The van der Waals surface area contributed by atoms with E-state index in [1.807, 2.05) is 0 Å². The highest BCUT2D eigenvalue weighted by Crippen LogP contribution is 2.41.